The minimum Gasteiger partial charge on any atom is -0.300 e. The zero-order valence-corrected chi connectivity index (χ0v) is 16.0. The lowest BCUT2D eigenvalue weighted by Crippen LogP contribution is -2.22. The van der Waals surface area contributed by atoms with Gasteiger partial charge in [0.25, 0.3) is 0 Å². The van der Waals surface area contributed by atoms with Crippen LogP contribution >= 0.6 is 15.9 Å². The SMILES string of the molecule is Cc1ncn2c1Cn1nc(CNS(C)(=O)=O)nc1-c1cc(Br)ccc1-2. The van der Waals surface area contributed by atoms with Gasteiger partial charge in [0.2, 0.25) is 10.0 Å². The monoisotopic (exact) mass is 422 g/mol. The van der Waals surface area contributed by atoms with E-state index in [1.165, 1.54) is 0 Å². The lowest BCUT2D eigenvalue weighted by molar-refractivity contribution is 0.584. The average Bonchev–Trinajstić information content (AvgIpc) is 3.07. The van der Waals surface area contributed by atoms with Gasteiger partial charge in [-0.25, -0.2) is 27.8 Å². The Hall–Kier alpha value is -2.04. The summed E-state index contributed by atoms with van der Waals surface area (Å²) in [6, 6.07) is 5.95. The molecule has 0 aliphatic carbocycles. The highest BCUT2D eigenvalue weighted by atomic mass is 79.9. The molecule has 10 heteroatoms. The molecule has 4 rings (SSSR count). The Morgan fingerprint density at radius 2 is 2.16 bits per heavy atom. The molecule has 2 aromatic heterocycles. The molecule has 0 amide bonds. The van der Waals surface area contributed by atoms with E-state index >= 15 is 0 Å². The number of imidazole rings is 1. The average molecular weight is 423 g/mol. The number of hydrogen-bond donors (Lipinski definition) is 1. The topological polar surface area (TPSA) is 94.7 Å². The normalized spacial score (nSPS) is 13.1. The summed E-state index contributed by atoms with van der Waals surface area (Å²) in [7, 11) is -3.31. The summed E-state index contributed by atoms with van der Waals surface area (Å²) in [5, 5.41) is 4.48. The summed E-state index contributed by atoms with van der Waals surface area (Å²) in [5.41, 5.74) is 3.82. The predicted molar refractivity (Wildman–Crippen MR) is 95.8 cm³/mol. The summed E-state index contributed by atoms with van der Waals surface area (Å²) in [4.78, 5) is 8.97. The van der Waals surface area contributed by atoms with E-state index in [4.69, 9.17) is 0 Å². The second-order valence-electron chi connectivity index (χ2n) is 5.91. The quantitative estimate of drug-likeness (QED) is 0.541. The molecule has 1 aliphatic heterocycles. The molecule has 1 aromatic carbocycles. The van der Waals surface area contributed by atoms with E-state index in [1.54, 1.807) is 11.0 Å². The summed E-state index contributed by atoms with van der Waals surface area (Å²) in [5.74, 6) is 1.13. The van der Waals surface area contributed by atoms with Crippen molar-refractivity contribution in [3.63, 3.8) is 0 Å². The van der Waals surface area contributed by atoms with E-state index in [9.17, 15) is 8.42 Å². The molecule has 0 saturated heterocycles. The van der Waals surface area contributed by atoms with Crippen LogP contribution in [0, 0.1) is 6.92 Å². The summed E-state index contributed by atoms with van der Waals surface area (Å²) >= 11 is 3.50. The van der Waals surface area contributed by atoms with E-state index in [0.29, 0.717) is 18.2 Å². The van der Waals surface area contributed by atoms with Gasteiger partial charge in [0, 0.05) is 10.0 Å². The van der Waals surface area contributed by atoms with Crippen LogP contribution in [0.5, 0.6) is 0 Å². The number of aromatic nitrogens is 5. The van der Waals surface area contributed by atoms with E-state index in [1.807, 2.05) is 29.7 Å². The fourth-order valence-electron chi connectivity index (χ4n) is 2.87. The second-order valence-corrected chi connectivity index (χ2v) is 8.66. The van der Waals surface area contributed by atoms with Gasteiger partial charge < -0.3 is 4.57 Å². The largest absolute Gasteiger partial charge is 0.300 e. The van der Waals surface area contributed by atoms with Crippen LogP contribution in [-0.4, -0.2) is 39.0 Å². The number of aryl methyl sites for hydroxylation is 1. The highest BCUT2D eigenvalue weighted by Crippen LogP contribution is 2.33. The second kappa shape index (κ2) is 5.75. The molecule has 1 N–H and O–H groups in total. The Balaban J connectivity index is 1.87. The van der Waals surface area contributed by atoms with Gasteiger partial charge in [0.1, 0.15) is 0 Å². The van der Waals surface area contributed by atoms with Gasteiger partial charge in [-0.2, -0.15) is 5.10 Å². The van der Waals surface area contributed by atoms with Crippen LogP contribution in [0.15, 0.2) is 29.0 Å². The Labute approximate surface area is 153 Å². The van der Waals surface area contributed by atoms with E-state index < -0.39 is 10.0 Å². The first-order valence-electron chi connectivity index (χ1n) is 7.53. The first kappa shape index (κ1) is 16.4. The van der Waals surface area contributed by atoms with Crippen LogP contribution in [0.2, 0.25) is 0 Å². The molecule has 1 aliphatic rings. The summed E-state index contributed by atoms with van der Waals surface area (Å²) in [6.45, 7) is 2.53. The molecule has 3 heterocycles. The van der Waals surface area contributed by atoms with Crippen LogP contribution < -0.4 is 4.72 Å². The van der Waals surface area contributed by atoms with Crippen LogP contribution in [0.25, 0.3) is 17.1 Å². The Bertz CT molecular complexity index is 1090. The van der Waals surface area contributed by atoms with Crippen molar-refractivity contribution in [2.45, 2.75) is 20.0 Å². The van der Waals surface area contributed by atoms with Crippen molar-refractivity contribution < 1.29 is 8.42 Å². The van der Waals surface area contributed by atoms with Gasteiger partial charge in [0.15, 0.2) is 11.6 Å². The zero-order valence-electron chi connectivity index (χ0n) is 13.6. The summed E-state index contributed by atoms with van der Waals surface area (Å²) in [6.07, 6.45) is 2.92. The Morgan fingerprint density at radius 3 is 2.92 bits per heavy atom. The fourth-order valence-corrected chi connectivity index (χ4v) is 3.62. The number of benzene rings is 1. The van der Waals surface area contributed by atoms with E-state index in [2.05, 4.69) is 35.7 Å². The number of rotatable bonds is 3. The van der Waals surface area contributed by atoms with Gasteiger partial charge in [-0.1, -0.05) is 15.9 Å². The van der Waals surface area contributed by atoms with Crippen molar-refractivity contribution >= 4 is 26.0 Å². The lowest BCUT2D eigenvalue weighted by Gasteiger charge is -2.08. The van der Waals surface area contributed by atoms with Crippen molar-refractivity contribution in [3.05, 3.63) is 46.2 Å². The first-order chi connectivity index (χ1) is 11.8. The molecular formula is C15H15BrN6O2S. The maximum Gasteiger partial charge on any atom is 0.209 e. The van der Waals surface area contributed by atoms with Crippen LogP contribution in [0.4, 0.5) is 0 Å². The van der Waals surface area contributed by atoms with Gasteiger partial charge in [-0.05, 0) is 25.1 Å². The number of halogens is 1. The molecule has 130 valence electrons. The smallest absolute Gasteiger partial charge is 0.209 e. The highest BCUT2D eigenvalue weighted by Gasteiger charge is 2.24. The van der Waals surface area contributed by atoms with E-state index in [0.717, 1.165) is 33.4 Å². The van der Waals surface area contributed by atoms with Crippen molar-refractivity contribution in [2.24, 2.45) is 0 Å². The molecule has 0 atom stereocenters. The minimum atomic E-state index is -3.31. The van der Waals surface area contributed by atoms with Gasteiger partial charge >= 0.3 is 0 Å². The third kappa shape index (κ3) is 3.00. The molecule has 0 unspecified atom stereocenters. The molecule has 0 fully saturated rings. The number of fused-ring (bicyclic) bond motifs is 5. The molecule has 0 bridgehead atoms. The lowest BCUT2D eigenvalue weighted by atomic mass is 10.1. The Kier molecular flexibility index (Phi) is 3.78. The number of nitrogens with zero attached hydrogens (tertiary/aromatic N) is 5. The molecule has 0 saturated carbocycles. The van der Waals surface area contributed by atoms with E-state index in [-0.39, 0.29) is 6.54 Å². The van der Waals surface area contributed by atoms with Crippen LogP contribution in [0.3, 0.4) is 0 Å². The highest BCUT2D eigenvalue weighted by molar-refractivity contribution is 9.10. The molecule has 0 spiro atoms. The minimum absolute atomic E-state index is 0.0560. The predicted octanol–water partition coefficient (Wildman–Crippen LogP) is 1.61. The van der Waals surface area contributed by atoms with Crippen molar-refractivity contribution in [2.75, 3.05) is 6.26 Å². The summed E-state index contributed by atoms with van der Waals surface area (Å²) < 4.78 is 29.8. The fraction of sp³-hybridized carbons (Fsp3) is 0.267. The maximum absolute atomic E-state index is 11.3. The third-order valence-electron chi connectivity index (χ3n) is 4.04. The van der Waals surface area contributed by atoms with Crippen LogP contribution in [-0.2, 0) is 23.1 Å². The molecule has 0 radical (unpaired) electrons. The maximum atomic E-state index is 11.3. The van der Waals surface area contributed by atoms with Crippen molar-refractivity contribution in [1.82, 2.24) is 29.0 Å². The number of hydrogen-bond acceptors (Lipinski definition) is 5. The molecule has 25 heavy (non-hydrogen) atoms. The molecule has 3 aromatic rings. The van der Waals surface area contributed by atoms with Crippen molar-refractivity contribution in [3.8, 4) is 17.1 Å². The number of sulfonamides is 1. The van der Waals surface area contributed by atoms with Gasteiger partial charge in [0.05, 0.1) is 42.7 Å². The van der Waals surface area contributed by atoms with Gasteiger partial charge in [-0.15, -0.1) is 0 Å². The number of nitrogens with one attached hydrogen (secondary N) is 1. The zero-order chi connectivity index (χ0) is 17.8. The van der Waals surface area contributed by atoms with Crippen molar-refractivity contribution in [1.29, 1.82) is 0 Å². The van der Waals surface area contributed by atoms with Gasteiger partial charge in [-0.3, -0.25) is 0 Å². The first-order valence-corrected chi connectivity index (χ1v) is 10.2. The molecule has 8 nitrogen and oxygen atoms in total. The molecular weight excluding hydrogens is 408 g/mol. The third-order valence-corrected chi connectivity index (χ3v) is 5.20. The standard InChI is InChI=1S/C15H15BrN6O2S/c1-9-13-7-22-15(19-14(20-22)6-18-25(2,23)24)11-5-10(16)3-4-12(11)21(13)8-17-9/h3-5,8,18H,6-7H2,1-2H3. The Morgan fingerprint density at radius 1 is 1.36 bits per heavy atom. The van der Waals surface area contributed by atoms with Crippen LogP contribution in [0.1, 0.15) is 17.2 Å².